The summed E-state index contributed by atoms with van der Waals surface area (Å²) in [6, 6.07) is 17.4. The smallest absolute Gasteiger partial charge is 0.335 e. The molecular formula is C28H32N2O5. The Morgan fingerprint density at radius 1 is 1.00 bits per heavy atom. The van der Waals surface area contributed by atoms with Crippen LogP contribution >= 0.6 is 0 Å². The molecule has 3 aromatic rings. The van der Waals surface area contributed by atoms with Gasteiger partial charge in [0.05, 0.1) is 5.56 Å². The molecule has 3 rings (SSSR count). The quantitative estimate of drug-likeness (QED) is 0.294. The first kappa shape index (κ1) is 26.1. The second-order valence-electron chi connectivity index (χ2n) is 9.38. The normalized spacial score (nSPS) is 13.1. The summed E-state index contributed by atoms with van der Waals surface area (Å²) in [6.07, 6.45) is 3.62. The number of rotatable bonds is 10. The zero-order valence-corrected chi connectivity index (χ0v) is 20.3. The number of aryl methyl sites for hydroxylation is 1. The number of ether oxygens (including phenoxy) is 1. The highest BCUT2D eigenvalue weighted by molar-refractivity contribution is 5.88. The summed E-state index contributed by atoms with van der Waals surface area (Å²) in [7, 11) is 0. The van der Waals surface area contributed by atoms with Gasteiger partial charge in [0.25, 0.3) is 0 Å². The van der Waals surface area contributed by atoms with E-state index >= 15 is 0 Å². The van der Waals surface area contributed by atoms with Gasteiger partial charge in [0.1, 0.15) is 17.7 Å². The van der Waals surface area contributed by atoms with Crippen molar-refractivity contribution >= 4 is 11.9 Å². The molecule has 0 spiro atoms. The number of nitrogens with zero attached hydrogens (tertiary/aromatic N) is 1. The van der Waals surface area contributed by atoms with Crippen LogP contribution in [0.3, 0.4) is 0 Å². The van der Waals surface area contributed by atoms with Gasteiger partial charge in [0, 0.05) is 18.0 Å². The average Bonchev–Trinajstić information content (AvgIpc) is 2.83. The Hall–Kier alpha value is -3.55. The highest BCUT2D eigenvalue weighted by Crippen LogP contribution is 2.22. The molecule has 1 aromatic heterocycles. The second kappa shape index (κ2) is 11.7. The van der Waals surface area contributed by atoms with Gasteiger partial charge in [0.2, 0.25) is 0 Å². The maximum Gasteiger partial charge on any atom is 0.335 e. The fourth-order valence-corrected chi connectivity index (χ4v) is 3.65. The maximum atomic E-state index is 12.8. The van der Waals surface area contributed by atoms with Crippen LogP contribution < -0.4 is 5.32 Å². The number of nitrogens with one attached hydrogen (secondary N) is 1. The Balaban J connectivity index is 1.58. The number of hydrogen-bond acceptors (Lipinski definition) is 6. The minimum absolute atomic E-state index is 0.260. The molecule has 7 nitrogen and oxygen atoms in total. The lowest BCUT2D eigenvalue weighted by Gasteiger charge is -2.27. The van der Waals surface area contributed by atoms with Crippen molar-refractivity contribution < 1.29 is 24.5 Å². The monoisotopic (exact) mass is 476 g/mol. The third-order valence-corrected chi connectivity index (χ3v) is 5.43. The van der Waals surface area contributed by atoms with Crippen molar-refractivity contribution in [2.24, 2.45) is 0 Å². The van der Waals surface area contributed by atoms with Crippen LogP contribution in [0.1, 0.15) is 54.8 Å². The predicted octanol–water partition coefficient (Wildman–Crippen LogP) is 4.41. The van der Waals surface area contributed by atoms with Crippen LogP contribution in [0.15, 0.2) is 73.1 Å². The predicted molar refractivity (Wildman–Crippen MR) is 134 cm³/mol. The molecule has 0 saturated carbocycles. The van der Waals surface area contributed by atoms with Crippen molar-refractivity contribution in [1.82, 2.24) is 10.3 Å². The molecular weight excluding hydrogens is 444 g/mol. The minimum Gasteiger partial charge on any atom is -0.478 e. The first-order valence-electron chi connectivity index (χ1n) is 11.6. The summed E-state index contributed by atoms with van der Waals surface area (Å²) >= 11 is 0. The molecule has 2 atom stereocenters. The van der Waals surface area contributed by atoms with Gasteiger partial charge in [-0.3, -0.25) is 9.78 Å². The van der Waals surface area contributed by atoms with E-state index < -0.39 is 29.7 Å². The second-order valence-corrected chi connectivity index (χ2v) is 9.38. The molecule has 0 aliphatic rings. The van der Waals surface area contributed by atoms with Crippen molar-refractivity contribution in [1.29, 1.82) is 0 Å². The van der Waals surface area contributed by atoms with E-state index in [9.17, 15) is 14.7 Å². The van der Waals surface area contributed by atoms with E-state index in [4.69, 9.17) is 9.84 Å². The fourth-order valence-electron chi connectivity index (χ4n) is 3.65. The van der Waals surface area contributed by atoms with E-state index in [2.05, 4.69) is 10.3 Å². The number of carboxylic acids is 1. The zero-order chi connectivity index (χ0) is 25.4. The molecule has 35 heavy (non-hydrogen) atoms. The van der Waals surface area contributed by atoms with E-state index in [0.717, 1.165) is 29.5 Å². The Morgan fingerprint density at radius 3 is 2.17 bits per heavy atom. The van der Waals surface area contributed by atoms with E-state index in [1.54, 1.807) is 69.6 Å². The van der Waals surface area contributed by atoms with Crippen LogP contribution in [-0.2, 0) is 16.0 Å². The standard InChI is InChI=1S/C28H32N2O5/c1-28(2,3)35-27(34)24(25(31)23-7-5-16-29-18-23)30-17-4-6-19-8-10-20(11-9-19)21-12-14-22(15-13-21)26(32)33/h5,7-16,18,24-25,30-31H,4,6,17H2,1-3H3,(H,32,33)/t24?,25-/m1/s1. The van der Waals surface area contributed by atoms with Gasteiger partial charge in [0.15, 0.2) is 0 Å². The van der Waals surface area contributed by atoms with Gasteiger partial charge in [-0.15, -0.1) is 0 Å². The van der Waals surface area contributed by atoms with Gasteiger partial charge < -0.3 is 20.3 Å². The number of pyridine rings is 1. The van der Waals surface area contributed by atoms with E-state index in [0.29, 0.717) is 12.1 Å². The van der Waals surface area contributed by atoms with E-state index in [-0.39, 0.29) is 5.56 Å². The molecule has 7 heteroatoms. The summed E-state index contributed by atoms with van der Waals surface area (Å²) in [5, 5.41) is 23.0. The molecule has 184 valence electrons. The first-order valence-corrected chi connectivity index (χ1v) is 11.6. The number of hydrogen-bond donors (Lipinski definition) is 3. The van der Waals surface area contributed by atoms with Crippen LogP contribution in [0.2, 0.25) is 0 Å². The molecule has 0 saturated heterocycles. The molecule has 0 fully saturated rings. The maximum absolute atomic E-state index is 12.8. The molecule has 3 N–H and O–H groups in total. The number of carboxylic acid groups (broad SMARTS) is 1. The van der Waals surface area contributed by atoms with E-state index in [1.165, 1.54) is 0 Å². The topological polar surface area (TPSA) is 109 Å². The Labute approximate surface area is 205 Å². The van der Waals surface area contributed by atoms with Gasteiger partial charge in [-0.1, -0.05) is 42.5 Å². The zero-order valence-electron chi connectivity index (χ0n) is 20.3. The molecule has 0 bridgehead atoms. The van der Waals surface area contributed by atoms with Gasteiger partial charge >= 0.3 is 11.9 Å². The van der Waals surface area contributed by atoms with Crippen LogP contribution in [0.5, 0.6) is 0 Å². The lowest BCUT2D eigenvalue weighted by Crippen LogP contribution is -2.45. The number of carbonyl (C=O) groups excluding carboxylic acids is 1. The van der Waals surface area contributed by atoms with Crippen LogP contribution in [0.4, 0.5) is 0 Å². The minimum atomic E-state index is -1.08. The lowest BCUT2D eigenvalue weighted by atomic mass is 10.0. The van der Waals surface area contributed by atoms with Crippen molar-refractivity contribution in [3.05, 3.63) is 89.7 Å². The number of aliphatic hydroxyl groups is 1. The Morgan fingerprint density at radius 2 is 1.63 bits per heavy atom. The number of carbonyl (C=O) groups is 2. The van der Waals surface area contributed by atoms with Crippen LogP contribution in [-0.4, -0.2) is 45.3 Å². The molecule has 1 unspecified atom stereocenters. The number of aromatic nitrogens is 1. The summed E-state index contributed by atoms with van der Waals surface area (Å²) in [4.78, 5) is 27.8. The number of esters is 1. The molecule has 0 amide bonds. The summed E-state index contributed by atoms with van der Waals surface area (Å²) in [5.74, 6) is -1.45. The third-order valence-electron chi connectivity index (χ3n) is 5.43. The number of benzene rings is 2. The summed E-state index contributed by atoms with van der Waals surface area (Å²) in [6.45, 7) is 5.90. The first-order chi connectivity index (χ1) is 16.6. The van der Waals surface area contributed by atoms with Crippen LogP contribution in [0.25, 0.3) is 11.1 Å². The highest BCUT2D eigenvalue weighted by atomic mass is 16.6. The lowest BCUT2D eigenvalue weighted by molar-refractivity contribution is -0.160. The Bertz CT molecular complexity index is 1110. The highest BCUT2D eigenvalue weighted by Gasteiger charge is 2.31. The third kappa shape index (κ3) is 7.73. The fraction of sp³-hybridized carbons (Fsp3) is 0.321. The largest absolute Gasteiger partial charge is 0.478 e. The molecule has 0 radical (unpaired) electrons. The van der Waals surface area contributed by atoms with Crippen molar-refractivity contribution in [3.63, 3.8) is 0 Å². The van der Waals surface area contributed by atoms with Gasteiger partial charge in [-0.2, -0.15) is 0 Å². The molecule has 2 aromatic carbocycles. The number of aliphatic hydroxyl groups excluding tert-OH is 1. The molecule has 0 aliphatic heterocycles. The summed E-state index contributed by atoms with van der Waals surface area (Å²) in [5.41, 5.74) is 3.24. The van der Waals surface area contributed by atoms with Crippen molar-refractivity contribution in [2.45, 2.75) is 51.4 Å². The molecule has 1 heterocycles. The van der Waals surface area contributed by atoms with Crippen molar-refractivity contribution in [2.75, 3.05) is 6.54 Å². The van der Waals surface area contributed by atoms with E-state index in [1.807, 2.05) is 24.3 Å². The number of aromatic carboxylic acids is 1. The average molecular weight is 477 g/mol. The SMILES string of the molecule is CC(C)(C)OC(=O)C(NCCCc1ccc(-c2ccc(C(=O)O)cc2)cc1)[C@H](O)c1cccnc1. The van der Waals surface area contributed by atoms with Gasteiger partial charge in [-0.05, 0) is 75.0 Å². The van der Waals surface area contributed by atoms with Gasteiger partial charge in [-0.25, -0.2) is 4.79 Å². The van der Waals surface area contributed by atoms with Crippen molar-refractivity contribution in [3.8, 4) is 11.1 Å². The Kier molecular flexibility index (Phi) is 8.73. The summed E-state index contributed by atoms with van der Waals surface area (Å²) < 4.78 is 5.52. The van der Waals surface area contributed by atoms with Crippen LogP contribution in [0, 0.1) is 0 Å². The molecule has 0 aliphatic carbocycles.